The van der Waals surface area contributed by atoms with Gasteiger partial charge in [-0.3, -0.25) is 9.59 Å². The maximum Gasteiger partial charge on any atom is 0.255 e. The molecule has 0 bridgehead atoms. The lowest BCUT2D eigenvalue weighted by atomic mass is 9.94. The van der Waals surface area contributed by atoms with E-state index in [-0.39, 0.29) is 24.2 Å². The van der Waals surface area contributed by atoms with Gasteiger partial charge in [0, 0.05) is 44.2 Å². The highest BCUT2D eigenvalue weighted by Crippen LogP contribution is 2.26. The number of nitrogens with zero attached hydrogens (tertiary/aromatic N) is 2. The standard InChI is InChI=1S/C20H29N3O2S.ClH/c1-22(16-7-3-2-4-8-16)19(24)15-26-18-10-6-5-9-17(18)20(25)23-13-11-21-12-14-23;/h5-6,9-10,16,21H,2-4,7-8,11-15H2,1H3;1H. The Morgan fingerprint density at radius 3 is 2.52 bits per heavy atom. The van der Waals surface area contributed by atoms with Crippen molar-refractivity contribution in [3.8, 4) is 0 Å². The minimum atomic E-state index is 0. The van der Waals surface area contributed by atoms with Gasteiger partial charge in [0.15, 0.2) is 0 Å². The first kappa shape index (κ1) is 22.1. The summed E-state index contributed by atoms with van der Waals surface area (Å²) in [4.78, 5) is 30.2. The predicted molar refractivity (Wildman–Crippen MR) is 113 cm³/mol. The van der Waals surface area contributed by atoms with Crippen LogP contribution in [0.25, 0.3) is 0 Å². The van der Waals surface area contributed by atoms with Crippen LogP contribution in [0.5, 0.6) is 0 Å². The number of piperazine rings is 1. The van der Waals surface area contributed by atoms with E-state index in [0.29, 0.717) is 17.4 Å². The summed E-state index contributed by atoms with van der Waals surface area (Å²) < 4.78 is 0. The smallest absolute Gasteiger partial charge is 0.255 e. The van der Waals surface area contributed by atoms with E-state index in [1.54, 1.807) is 0 Å². The largest absolute Gasteiger partial charge is 0.342 e. The molecule has 1 heterocycles. The van der Waals surface area contributed by atoms with Gasteiger partial charge >= 0.3 is 0 Å². The Morgan fingerprint density at radius 1 is 1.15 bits per heavy atom. The van der Waals surface area contributed by atoms with Crippen molar-refractivity contribution in [3.05, 3.63) is 29.8 Å². The summed E-state index contributed by atoms with van der Waals surface area (Å²) in [7, 11) is 1.93. The number of nitrogens with one attached hydrogen (secondary N) is 1. The van der Waals surface area contributed by atoms with Crippen molar-refractivity contribution < 1.29 is 9.59 Å². The number of benzene rings is 1. The van der Waals surface area contributed by atoms with E-state index in [0.717, 1.165) is 43.9 Å². The second kappa shape index (κ2) is 10.9. The number of carbonyl (C=O) groups is 2. The van der Waals surface area contributed by atoms with Crippen LogP contribution in [0.2, 0.25) is 0 Å². The van der Waals surface area contributed by atoms with Crippen molar-refractivity contribution in [2.24, 2.45) is 0 Å². The molecule has 0 radical (unpaired) electrons. The molecule has 2 amide bonds. The number of carbonyl (C=O) groups excluding carboxylic acids is 2. The Morgan fingerprint density at radius 2 is 1.81 bits per heavy atom. The van der Waals surface area contributed by atoms with E-state index < -0.39 is 0 Å². The van der Waals surface area contributed by atoms with Gasteiger partial charge in [0.05, 0.1) is 11.3 Å². The normalized spacial score (nSPS) is 17.9. The molecule has 2 fully saturated rings. The maximum absolute atomic E-state index is 12.8. The van der Waals surface area contributed by atoms with Crippen molar-refractivity contribution in [2.75, 3.05) is 39.0 Å². The van der Waals surface area contributed by atoms with Crippen LogP contribution in [-0.2, 0) is 4.79 Å². The lowest BCUT2D eigenvalue weighted by molar-refractivity contribution is -0.129. The molecule has 2 aliphatic rings. The quantitative estimate of drug-likeness (QED) is 0.756. The van der Waals surface area contributed by atoms with Crippen LogP contribution >= 0.6 is 24.2 Å². The molecule has 1 aliphatic heterocycles. The highest BCUT2D eigenvalue weighted by molar-refractivity contribution is 8.00. The molecule has 1 N–H and O–H groups in total. The Bertz CT molecular complexity index is 631. The monoisotopic (exact) mass is 411 g/mol. The van der Waals surface area contributed by atoms with Gasteiger partial charge in [-0.25, -0.2) is 0 Å². The molecule has 1 aromatic carbocycles. The van der Waals surface area contributed by atoms with E-state index in [1.165, 1.54) is 31.0 Å². The summed E-state index contributed by atoms with van der Waals surface area (Å²) in [5.41, 5.74) is 0.715. The van der Waals surface area contributed by atoms with E-state index in [2.05, 4.69) is 5.32 Å². The number of rotatable bonds is 5. The molecule has 0 atom stereocenters. The number of halogens is 1. The molecule has 150 valence electrons. The summed E-state index contributed by atoms with van der Waals surface area (Å²) in [5, 5.41) is 3.27. The third kappa shape index (κ3) is 5.87. The molecule has 1 saturated carbocycles. The molecule has 1 aliphatic carbocycles. The van der Waals surface area contributed by atoms with Crippen molar-refractivity contribution in [2.45, 2.75) is 43.0 Å². The summed E-state index contributed by atoms with van der Waals surface area (Å²) in [6.07, 6.45) is 5.96. The van der Waals surface area contributed by atoms with Crippen LogP contribution in [0.3, 0.4) is 0 Å². The van der Waals surface area contributed by atoms with Gasteiger partial charge in [-0.15, -0.1) is 24.2 Å². The lowest BCUT2D eigenvalue weighted by Gasteiger charge is -2.31. The number of amides is 2. The Balaban J connectivity index is 0.00000261. The fourth-order valence-corrected chi connectivity index (χ4v) is 4.69. The number of hydrogen-bond acceptors (Lipinski definition) is 4. The van der Waals surface area contributed by atoms with Crippen LogP contribution in [0, 0.1) is 0 Å². The topological polar surface area (TPSA) is 52.7 Å². The number of hydrogen-bond donors (Lipinski definition) is 1. The second-order valence-corrected chi connectivity index (χ2v) is 8.14. The molecule has 7 heteroatoms. The Kier molecular flexibility index (Phi) is 8.93. The van der Waals surface area contributed by atoms with Gasteiger partial charge in [-0.1, -0.05) is 31.4 Å². The van der Waals surface area contributed by atoms with E-state index in [4.69, 9.17) is 0 Å². The average Bonchev–Trinajstić information content (AvgIpc) is 2.72. The predicted octanol–water partition coefficient (Wildman–Crippen LogP) is 3.04. The molecular weight excluding hydrogens is 382 g/mol. The van der Waals surface area contributed by atoms with E-state index in [9.17, 15) is 9.59 Å². The molecular formula is C20H30ClN3O2S. The molecule has 0 spiro atoms. The van der Waals surface area contributed by atoms with Crippen molar-refractivity contribution in [1.29, 1.82) is 0 Å². The minimum absolute atomic E-state index is 0. The van der Waals surface area contributed by atoms with Gasteiger partial charge in [0.2, 0.25) is 5.91 Å². The van der Waals surface area contributed by atoms with Crippen molar-refractivity contribution in [3.63, 3.8) is 0 Å². The van der Waals surface area contributed by atoms with Crippen LogP contribution in [-0.4, -0.2) is 66.6 Å². The summed E-state index contributed by atoms with van der Waals surface area (Å²) in [5.74, 6) is 0.618. The van der Waals surface area contributed by atoms with Crippen LogP contribution in [0.15, 0.2) is 29.2 Å². The Hall–Kier alpha value is -1.24. The SMILES string of the molecule is CN(C(=O)CSc1ccccc1C(=O)N1CCNCC1)C1CCCCC1.Cl. The first-order chi connectivity index (χ1) is 12.7. The highest BCUT2D eigenvalue weighted by Gasteiger charge is 2.24. The molecule has 0 aromatic heterocycles. The minimum Gasteiger partial charge on any atom is -0.342 e. The lowest BCUT2D eigenvalue weighted by Crippen LogP contribution is -2.46. The third-order valence-corrected chi connectivity index (χ3v) is 6.45. The summed E-state index contributed by atoms with van der Waals surface area (Å²) in [6, 6.07) is 8.05. The van der Waals surface area contributed by atoms with Gasteiger partial charge in [-0.05, 0) is 25.0 Å². The first-order valence-electron chi connectivity index (χ1n) is 9.64. The van der Waals surface area contributed by atoms with Crippen LogP contribution in [0.4, 0.5) is 0 Å². The molecule has 5 nitrogen and oxygen atoms in total. The van der Waals surface area contributed by atoms with Gasteiger partial charge in [-0.2, -0.15) is 0 Å². The van der Waals surface area contributed by atoms with Gasteiger partial charge in [0.1, 0.15) is 0 Å². The molecule has 1 aromatic rings. The van der Waals surface area contributed by atoms with Crippen LogP contribution < -0.4 is 5.32 Å². The maximum atomic E-state index is 12.8. The Labute approximate surface area is 172 Å². The van der Waals surface area contributed by atoms with Crippen molar-refractivity contribution >= 4 is 36.0 Å². The second-order valence-electron chi connectivity index (χ2n) is 7.12. The van der Waals surface area contributed by atoms with E-state index in [1.807, 2.05) is 41.1 Å². The molecule has 3 rings (SSSR count). The fourth-order valence-electron chi connectivity index (χ4n) is 3.72. The molecule has 0 unspecified atom stereocenters. The van der Waals surface area contributed by atoms with Gasteiger partial charge < -0.3 is 15.1 Å². The first-order valence-corrected chi connectivity index (χ1v) is 10.6. The highest BCUT2D eigenvalue weighted by atomic mass is 35.5. The average molecular weight is 412 g/mol. The van der Waals surface area contributed by atoms with Gasteiger partial charge in [0.25, 0.3) is 5.91 Å². The zero-order chi connectivity index (χ0) is 18.4. The zero-order valence-corrected chi connectivity index (χ0v) is 17.6. The summed E-state index contributed by atoms with van der Waals surface area (Å²) in [6.45, 7) is 3.15. The zero-order valence-electron chi connectivity index (χ0n) is 16.0. The summed E-state index contributed by atoms with van der Waals surface area (Å²) >= 11 is 1.49. The molecule has 1 saturated heterocycles. The van der Waals surface area contributed by atoms with Crippen LogP contribution in [0.1, 0.15) is 42.5 Å². The third-order valence-electron chi connectivity index (χ3n) is 5.39. The fraction of sp³-hybridized carbons (Fsp3) is 0.600. The van der Waals surface area contributed by atoms with Crippen molar-refractivity contribution in [1.82, 2.24) is 15.1 Å². The molecule has 27 heavy (non-hydrogen) atoms. The van der Waals surface area contributed by atoms with E-state index >= 15 is 0 Å². The number of thioether (sulfide) groups is 1.